The fraction of sp³-hybridized carbons (Fsp3) is 0.0769. The molecule has 0 saturated carbocycles. The molecule has 2 nitrogen and oxygen atoms in total. The maximum absolute atomic E-state index is 13.0. The van der Waals surface area contributed by atoms with E-state index in [1.165, 1.54) is 30.3 Å². The zero-order valence-corrected chi connectivity index (χ0v) is 10.0. The average molecular weight is 250 g/mol. The van der Waals surface area contributed by atoms with Gasteiger partial charge in [0.05, 0.1) is 9.79 Å². The molecule has 0 aliphatic carbocycles. The quantitative estimate of drug-likeness (QED) is 0.821. The van der Waals surface area contributed by atoms with Gasteiger partial charge in [-0.05, 0) is 37.3 Å². The van der Waals surface area contributed by atoms with E-state index in [1.54, 1.807) is 12.1 Å². The van der Waals surface area contributed by atoms with Crippen molar-refractivity contribution in [2.45, 2.75) is 16.7 Å². The molecule has 0 radical (unpaired) electrons. The molecule has 2 aromatic carbocycles. The summed E-state index contributed by atoms with van der Waals surface area (Å²) in [5.41, 5.74) is 0.975. The van der Waals surface area contributed by atoms with Crippen LogP contribution in [-0.4, -0.2) is 8.42 Å². The third kappa shape index (κ3) is 2.36. The van der Waals surface area contributed by atoms with Gasteiger partial charge in [0.25, 0.3) is 0 Å². The molecule has 0 atom stereocenters. The van der Waals surface area contributed by atoms with Crippen molar-refractivity contribution in [3.8, 4) is 0 Å². The molecule has 0 fully saturated rings. The summed E-state index contributed by atoms with van der Waals surface area (Å²) in [5.74, 6) is -0.557. The van der Waals surface area contributed by atoms with Crippen LogP contribution in [0.5, 0.6) is 0 Å². The van der Waals surface area contributed by atoms with Crippen LogP contribution in [0.2, 0.25) is 0 Å². The standard InChI is InChI=1S/C13H11FO2S/c1-10-5-7-12(8-6-10)17(15,16)13-4-2-3-11(14)9-13/h2-9H,1H3. The van der Waals surface area contributed by atoms with Crippen LogP contribution in [0, 0.1) is 12.7 Å². The molecule has 88 valence electrons. The normalized spacial score (nSPS) is 11.4. The van der Waals surface area contributed by atoms with Crippen molar-refractivity contribution in [2.75, 3.05) is 0 Å². The number of benzene rings is 2. The molecular formula is C13H11FO2S. The zero-order valence-electron chi connectivity index (χ0n) is 9.22. The number of sulfone groups is 1. The lowest BCUT2D eigenvalue weighted by Gasteiger charge is -2.04. The lowest BCUT2D eigenvalue weighted by molar-refractivity contribution is 0.591. The Morgan fingerprint density at radius 3 is 2.18 bits per heavy atom. The van der Waals surface area contributed by atoms with E-state index in [2.05, 4.69) is 0 Å². The van der Waals surface area contributed by atoms with E-state index in [0.717, 1.165) is 11.6 Å². The summed E-state index contributed by atoms with van der Waals surface area (Å²) >= 11 is 0. The summed E-state index contributed by atoms with van der Waals surface area (Å²) in [6.45, 7) is 1.87. The Balaban J connectivity index is 2.54. The fourth-order valence-corrected chi connectivity index (χ4v) is 2.78. The highest BCUT2D eigenvalue weighted by Gasteiger charge is 2.17. The van der Waals surface area contributed by atoms with Gasteiger partial charge in [0.15, 0.2) is 0 Å². The summed E-state index contributed by atoms with van der Waals surface area (Å²) in [7, 11) is -3.62. The first-order valence-electron chi connectivity index (χ1n) is 5.07. The highest BCUT2D eigenvalue weighted by molar-refractivity contribution is 7.91. The Hall–Kier alpha value is -1.68. The Morgan fingerprint density at radius 1 is 0.941 bits per heavy atom. The molecule has 0 aliphatic heterocycles. The summed E-state index contributed by atoms with van der Waals surface area (Å²) < 4.78 is 37.3. The Bertz CT molecular complexity index is 631. The third-order valence-electron chi connectivity index (χ3n) is 2.44. The first kappa shape index (κ1) is 11.8. The lowest BCUT2D eigenvalue weighted by atomic mass is 10.2. The molecule has 2 aromatic rings. The Kier molecular flexibility index (Phi) is 2.98. The van der Waals surface area contributed by atoms with E-state index in [-0.39, 0.29) is 9.79 Å². The van der Waals surface area contributed by atoms with Gasteiger partial charge in [-0.15, -0.1) is 0 Å². The molecule has 0 amide bonds. The maximum Gasteiger partial charge on any atom is 0.206 e. The smallest absolute Gasteiger partial charge is 0.206 e. The first-order valence-corrected chi connectivity index (χ1v) is 6.56. The van der Waals surface area contributed by atoms with Gasteiger partial charge in [-0.1, -0.05) is 23.8 Å². The number of hydrogen-bond donors (Lipinski definition) is 0. The maximum atomic E-state index is 13.0. The van der Waals surface area contributed by atoms with Gasteiger partial charge in [0.1, 0.15) is 5.82 Å². The molecule has 0 heterocycles. The van der Waals surface area contributed by atoms with Crippen molar-refractivity contribution in [1.29, 1.82) is 0 Å². The highest BCUT2D eigenvalue weighted by atomic mass is 32.2. The molecule has 0 unspecified atom stereocenters. The second kappa shape index (κ2) is 4.30. The van der Waals surface area contributed by atoms with Gasteiger partial charge in [-0.25, -0.2) is 12.8 Å². The predicted octanol–water partition coefficient (Wildman–Crippen LogP) is 2.97. The summed E-state index contributed by atoms with van der Waals surface area (Å²) in [4.78, 5) is 0.148. The van der Waals surface area contributed by atoms with E-state index >= 15 is 0 Å². The zero-order chi connectivity index (χ0) is 12.5. The minimum atomic E-state index is -3.62. The summed E-state index contributed by atoms with van der Waals surface area (Å²) in [6, 6.07) is 11.5. The minimum Gasteiger partial charge on any atom is -0.219 e. The molecular weight excluding hydrogens is 239 g/mol. The molecule has 2 rings (SSSR count). The topological polar surface area (TPSA) is 34.1 Å². The monoisotopic (exact) mass is 250 g/mol. The van der Waals surface area contributed by atoms with Crippen LogP contribution in [0.15, 0.2) is 58.3 Å². The van der Waals surface area contributed by atoms with Crippen LogP contribution in [0.4, 0.5) is 4.39 Å². The SMILES string of the molecule is Cc1ccc(S(=O)(=O)c2cccc(F)c2)cc1. The molecule has 0 aromatic heterocycles. The predicted molar refractivity (Wildman–Crippen MR) is 63.0 cm³/mol. The second-order valence-corrected chi connectivity index (χ2v) is 5.72. The minimum absolute atomic E-state index is 0.0265. The van der Waals surface area contributed by atoms with Gasteiger partial charge in [0.2, 0.25) is 9.84 Å². The van der Waals surface area contributed by atoms with Crippen molar-refractivity contribution in [3.63, 3.8) is 0 Å². The van der Waals surface area contributed by atoms with Crippen LogP contribution in [-0.2, 0) is 9.84 Å². The molecule has 0 spiro atoms. The lowest BCUT2D eigenvalue weighted by Crippen LogP contribution is -2.02. The number of aryl methyl sites for hydroxylation is 1. The van der Waals surface area contributed by atoms with Crippen molar-refractivity contribution < 1.29 is 12.8 Å². The molecule has 0 saturated heterocycles. The van der Waals surface area contributed by atoms with Crippen LogP contribution >= 0.6 is 0 Å². The fourth-order valence-electron chi connectivity index (χ4n) is 1.49. The van der Waals surface area contributed by atoms with E-state index < -0.39 is 15.7 Å². The number of halogens is 1. The molecule has 17 heavy (non-hydrogen) atoms. The van der Waals surface area contributed by atoms with Crippen LogP contribution in [0.25, 0.3) is 0 Å². The van der Waals surface area contributed by atoms with Crippen molar-refractivity contribution in [1.82, 2.24) is 0 Å². The van der Waals surface area contributed by atoms with Crippen LogP contribution < -0.4 is 0 Å². The van der Waals surface area contributed by atoms with E-state index in [1.807, 2.05) is 6.92 Å². The van der Waals surface area contributed by atoms with Crippen LogP contribution in [0.3, 0.4) is 0 Å². The van der Waals surface area contributed by atoms with E-state index in [0.29, 0.717) is 0 Å². The highest BCUT2D eigenvalue weighted by Crippen LogP contribution is 2.21. The van der Waals surface area contributed by atoms with Gasteiger partial charge in [-0.2, -0.15) is 0 Å². The Labute approximate surface area is 99.6 Å². The molecule has 4 heteroatoms. The molecule has 0 bridgehead atoms. The van der Waals surface area contributed by atoms with E-state index in [4.69, 9.17) is 0 Å². The van der Waals surface area contributed by atoms with E-state index in [9.17, 15) is 12.8 Å². The average Bonchev–Trinajstić information content (AvgIpc) is 2.29. The Morgan fingerprint density at radius 2 is 1.59 bits per heavy atom. The second-order valence-electron chi connectivity index (χ2n) is 3.77. The summed E-state index contributed by atoms with van der Waals surface area (Å²) in [5, 5.41) is 0. The molecule has 0 aliphatic rings. The van der Waals surface area contributed by atoms with Crippen molar-refractivity contribution in [3.05, 3.63) is 59.9 Å². The summed E-state index contributed by atoms with van der Waals surface area (Å²) in [6.07, 6.45) is 0. The number of rotatable bonds is 2. The van der Waals surface area contributed by atoms with Crippen LogP contribution in [0.1, 0.15) is 5.56 Å². The van der Waals surface area contributed by atoms with Crippen molar-refractivity contribution in [2.24, 2.45) is 0 Å². The largest absolute Gasteiger partial charge is 0.219 e. The number of hydrogen-bond acceptors (Lipinski definition) is 2. The van der Waals surface area contributed by atoms with Gasteiger partial charge < -0.3 is 0 Å². The van der Waals surface area contributed by atoms with Gasteiger partial charge in [-0.3, -0.25) is 0 Å². The molecule has 0 N–H and O–H groups in total. The first-order chi connectivity index (χ1) is 8.00. The van der Waals surface area contributed by atoms with Gasteiger partial charge >= 0.3 is 0 Å². The van der Waals surface area contributed by atoms with Crippen molar-refractivity contribution >= 4 is 9.84 Å². The third-order valence-corrected chi connectivity index (χ3v) is 4.20. The van der Waals surface area contributed by atoms with Gasteiger partial charge in [0, 0.05) is 0 Å².